The second-order valence-corrected chi connectivity index (χ2v) is 8.96. The van der Waals surface area contributed by atoms with Crippen LogP contribution >= 0.6 is 0 Å². The summed E-state index contributed by atoms with van der Waals surface area (Å²) in [5, 5.41) is 12.0. The molecule has 154 valence electrons. The molecule has 2 aromatic rings. The third-order valence-electron chi connectivity index (χ3n) is 5.00. The molecule has 3 rings (SSSR count). The number of hydrogen-bond acceptors (Lipinski definition) is 5. The lowest BCUT2D eigenvalue weighted by molar-refractivity contribution is -0.139. The zero-order valence-electron chi connectivity index (χ0n) is 15.2. The van der Waals surface area contributed by atoms with Crippen molar-refractivity contribution in [2.45, 2.75) is 48.2 Å². The van der Waals surface area contributed by atoms with Crippen molar-refractivity contribution >= 4 is 9.84 Å². The number of methoxy groups -OCH3 is 1. The van der Waals surface area contributed by atoms with Gasteiger partial charge in [-0.05, 0) is 37.0 Å². The average molecular weight is 418 g/mol. The number of alkyl halides is 3. The van der Waals surface area contributed by atoms with Crippen LogP contribution in [0, 0.1) is 0 Å². The molecule has 0 unspecified atom stereocenters. The topological polar surface area (TPSA) is 81.4 Å². The van der Waals surface area contributed by atoms with E-state index < -0.39 is 31.7 Å². The van der Waals surface area contributed by atoms with Gasteiger partial charge in [-0.2, -0.15) is 18.3 Å². The fourth-order valence-corrected chi connectivity index (χ4v) is 5.51. The first-order chi connectivity index (χ1) is 13.2. The maximum Gasteiger partial charge on any atom is 0.417 e. The number of aliphatic hydroxyl groups excluding tert-OH is 1. The van der Waals surface area contributed by atoms with Crippen LogP contribution in [0.25, 0.3) is 11.1 Å². The normalized spacial score (nSPS) is 20.6. The van der Waals surface area contributed by atoms with Crippen molar-refractivity contribution in [3.8, 4) is 11.1 Å². The first-order valence-electron chi connectivity index (χ1n) is 8.78. The van der Waals surface area contributed by atoms with Gasteiger partial charge in [0.05, 0.1) is 41.2 Å². The van der Waals surface area contributed by atoms with E-state index in [-0.39, 0.29) is 37.7 Å². The van der Waals surface area contributed by atoms with Gasteiger partial charge < -0.3 is 9.84 Å². The molecule has 2 atom stereocenters. The molecule has 1 aromatic carbocycles. The van der Waals surface area contributed by atoms with Crippen molar-refractivity contribution in [3.05, 3.63) is 36.2 Å². The third-order valence-corrected chi connectivity index (χ3v) is 7.27. The Labute approximate surface area is 160 Å². The molecular formula is C18H21F3N2O4S. The molecule has 0 radical (unpaired) electrons. The fourth-order valence-electron chi connectivity index (χ4n) is 3.49. The van der Waals surface area contributed by atoms with Gasteiger partial charge in [0, 0.05) is 18.9 Å². The van der Waals surface area contributed by atoms with E-state index in [0.717, 1.165) is 12.1 Å². The van der Waals surface area contributed by atoms with Crippen molar-refractivity contribution in [1.82, 2.24) is 9.78 Å². The average Bonchev–Trinajstić information content (AvgIpc) is 3.30. The maximum atomic E-state index is 13.7. The van der Waals surface area contributed by atoms with Crippen LogP contribution in [-0.4, -0.2) is 48.4 Å². The molecule has 0 saturated heterocycles. The third kappa shape index (κ3) is 4.08. The Hall–Kier alpha value is -1.91. The number of sulfone groups is 1. The summed E-state index contributed by atoms with van der Waals surface area (Å²) in [5.41, 5.74) is -0.569. The molecule has 0 bridgehead atoms. The summed E-state index contributed by atoms with van der Waals surface area (Å²) in [5.74, 6) is 0. The lowest BCUT2D eigenvalue weighted by Gasteiger charge is -2.18. The molecule has 0 amide bonds. The molecule has 6 nitrogen and oxygen atoms in total. The molecule has 1 aliphatic rings. The summed E-state index contributed by atoms with van der Waals surface area (Å²) in [6.45, 7) is 0.0525. The number of halogens is 3. The summed E-state index contributed by atoms with van der Waals surface area (Å²) in [7, 11) is -2.69. The number of nitrogens with zero attached hydrogens (tertiary/aromatic N) is 2. The van der Waals surface area contributed by atoms with Crippen LogP contribution in [0.3, 0.4) is 0 Å². The van der Waals surface area contributed by atoms with Gasteiger partial charge in [0.2, 0.25) is 0 Å². The van der Waals surface area contributed by atoms with E-state index in [1.807, 2.05) is 0 Å². The van der Waals surface area contributed by atoms with Crippen LogP contribution < -0.4 is 0 Å². The van der Waals surface area contributed by atoms with Crippen LogP contribution in [0.5, 0.6) is 0 Å². The Kier molecular flexibility index (Phi) is 5.83. The number of ether oxygens (including phenoxy) is 1. The minimum atomic E-state index is -4.82. The van der Waals surface area contributed by atoms with Gasteiger partial charge in [0.25, 0.3) is 0 Å². The second kappa shape index (κ2) is 7.84. The van der Waals surface area contributed by atoms with E-state index >= 15 is 0 Å². The van der Waals surface area contributed by atoms with Crippen molar-refractivity contribution < 1.29 is 31.4 Å². The number of rotatable bonds is 6. The molecule has 28 heavy (non-hydrogen) atoms. The zero-order chi connectivity index (χ0) is 20.5. The number of aliphatic hydroxyl groups is 1. The van der Waals surface area contributed by atoms with Gasteiger partial charge in [0.1, 0.15) is 0 Å². The summed E-state index contributed by atoms with van der Waals surface area (Å²) in [4.78, 5) is -0.701. The number of aromatic nitrogens is 2. The summed E-state index contributed by atoms with van der Waals surface area (Å²) >= 11 is 0. The van der Waals surface area contributed by atoms with Crippen molar-refractivity contribution in [1.29, 1.82) is 0 Å². The van der Waals surface area contributed by atoms with Crippen molar-refractivity contribution in [2.75, 3.05) is 13.7 Å². The Morgan fingerprint density at radius 1 is 1.29 bits per heavy atom. The van der Waals surface area contributed by atoms with Gasteiger partial charge >= 0.3 is 6.18 Å². The van der Waals surface area contributed by atoms with Crippen LogP contribution in [0.4, 0.5) is 13.2 Å². The van der Waals surface area contributed by atoms with E-state index in [9.17, 15) is 21.6 Å². The fraction of sp³-hybridized carbons (Fsp3) is 0.500. The Morgan fingerprint density at radius 2 is 2.04 bits per heavy atom. The van der Waals surface area contributed by atoms with Gasteiger partial charge in [-0.3, -0.25) is 4.68 Å². The Balaban J connectivity index is 2.02. The predicted molar refractivity (Wildman–Crippen MR) is 95.4 cm³/mol. The summed E-state index contributed by atoms with van der Waals surface area (Å²) in [6.07, 6.45) is -1.24. The SMILES string of the molecule is CO[C@H]1CC[C@H](S(=O)(=O)c2ccc(-c3cnn(CCO)c3)cc2C(F)(F)F)C1. The number of benzene rings is 1. The van der Waals surface area contributed by atoms with Crippen LogP contribution in [0.15, 0.2) is 35.5 Å². The number of hydrogen-bond donors (Lipinski definition) is 1. The van der Waals surface area contributed by atoms with Gasteiger partial charge in [0.15, 0.2) is 9.84 Å². The van der Waals surface area contributed by atoms with Gasteiger partial charge in [-0.15, -0.1) is 0 Å². The minimum Gasteiger partial charge on any atom is -0.394 e. The van der Waals surface area contributed by atoms with Crippen LogP contribution in [-0.2, 0) is 27.3 Å². The highest BCUT2D eigenvalue weighted by molar-refractivity contribution is 7.92. The smallest absolute Gasteiger partial charge is 0.394 e. The van der Waals surface area contributed by atoms with E-state index in [2.05, 4.69) is 5.10 Å². The van der Waals surface area contributed by atoms with E-state index in [0.29, 0.717) is 12.0 Å². The molecule has 10 heteroatoms. The molecule has 1 aliphatic carbocycles. The zero-order valence-corrected chi connectivity index (χ0v) is 16.0. The van der Waals surface area contributed by atoms with Gasteiger partial charge in [-0.1, -0.05) is 6.07 Å². The van der Waals surface area contributed by atoms with E-state index in [1.54, 1.807) is 0 Å². The Morgan fingerprint density at radius 3 is 2.64 bits per heavy atom. The van der Waals surface area contributed by atoms with Gasteiger partial charge in [-0.25, -0.2) is 8.42 Å². The largest absolute Gasteiger partial charge is 0.417 e. The standard InChI is InChI=1S/C18H21F3N2O4S/c1-27-14-3-4-15(9-14)28(25,26)17-5-2-12(8-16(17)18(19,20)21)13-10-22-23(11-13)6-7-24/h2,5,8,10-11,14-15,24H,3-4,6-7,9H2,1H3/t14-,15-/m0/s1. The molecule has 1 aromatic heterocycles. The summed E-state index contributed by atoms with van der Waals surface area (Å²) < 4.78 is 73.4. The van der Waals surface area contributed by atoms with E-state index in [4.69, 9.17) is 9.84 Å². The van der Waals surface area contributed by atoms with Crippen LogP contribution in [0.2, 0.25) is 0 Å². The van der Waals surface area contributed by atoms with Crippen molar-refractivity contribution in [3.63, 3.8) is 0 Å². The highest BCUT2D eigenvalue weighted by Gasteiger charge is 2.42. The molecule has 1 N–H and O–H groups in total. The summed E-state index contributed by atoms with van der Waals surface area (Å²) in [6, 6.07) is 3.22. The lowest BCUT2D eigenvalue weighted by atomic mass is 10.1. The minimum absolute atomic E-state index is 0.157. The quantitative estimate of drug-likeness (QED) is 0.780. The van der Waals surface area contributed by atoms with E-state index in [1.165, 1.54) is 30.3 Å². The monoisotopic (exact) mass is 418 g/mol. The first kappa shape index (κ1) is 20.8. The highest BCUT2D eigenvalue weighted by Crippen LogP contribution is 2.40. The van der Waals surface area contributed by atoms with Crippen molar-refractivity contribution in [2.24, 2.45) is 0 Å². The molecule has 0 spiro atoms. The second-order valence-electron chi connectivity index (χ2n) is 6.76. The Bertz CT molecular complexity index is 941. The lowest BCUT2D eigenvalue weighted by Crippen LogP contribution is -2.23. The molecular weight excluding hydrogens is 397 g/mol. The maximum absolute atomic E-state index is 13.7. The predicted octanol–water partition coefficient (Wildman–Crippen LogP) is 2.90. The molecule has 1 saturated carbocycles. The highest BCUT2D eigenvalue weighted by atomic mass is 32.2. The molecule has 0 aliphatic heterocycles. The van der Waals surface area contributed by atoms with Crippen LogP contribution in [0.1, 0.15) is 24.8 Å². The first-order valence-corrected chi connectivity index (χ1v) is 10.3. The molecule has 1 heterocycles. The molecule has 1 fully saturated rings.